The summed E-state index contributed by atoms with van der Waals surface area (Å²) >= 11 is 0. The van der Waals surface area contributed by atoms with Crippen LogP contribution < -0.4 is 0 Å². The minimum Gasteiger partial charge on any atom is -0.392 e. The predicted molar refractivity (Wildman–Crippen MR) is 73.8 cm³/mol. The first-order valence-corrected chi connectivity index (χ1v) is 6.73. The Morgan fingerprint density at radius 3 is 2.72 bits per heavy atom. The Kier molecular flexibility index (Phi) is 2.83. The third-order valence-electron chi connectivity index (χ3n) is 3.98. The zero-order valence-corrected chi connectivity index (χ0v) is 11.1. The van der Waals surface area contributed by atoms with Gasteiger partial charge in [0.1, 0.15) is 0 Å². The van der Waals surface area contributed by atoms with Crippen molar-refractivity contribution in [2.45, 2.75) is 46.1 Å². The lowest BCUT2D eigenvalue weighted by molar-refractivity contribution is 0.281. The Bertz CT molecular complexity index is 616. The van der Waals surface area contributed by atoms with Crippen LogP contribution in [0.25, 0.3) is 10.9 Å². The lowest BCUT2D eigenvalue weighted by Gasteiger charge is -2.21. The maximum absolute atomic E-state index is 9.76. The molecule has 1 N–H and O–H groups in total. The van der Waals surface area contributed by atoms with Gasteiger partial charge in [-0.15, -0.1) is 0 Å². The first-order chi connectivity index (χ1) is 8.70. The van der Waals surface area contributed by atoms with Crippen LogP contribution in [-0.4, -0.2) is 10.1 Å². The monoisotopic (exact) mass is 241 g/mol. The second-order valence-corrected chi connectivity index (χ2v) is 5.36. The van der Waals surface area contributed by atoms with Gasteiger partial charge < -0.3 is 5.11 Å². The topological polar surface area (TPSA) is 33.1 Å². The van der Waals surface area contributed by atoms with Crippen LogP contribution in [0.4, 0.5) is 0 Å². The van der Waals surface area contributed by atoms with E-state index in [1.807, 2.05) is 0 Å². The Balaban J connectivity index is 2.40. The number of aliphatic hydroxyl groups excluding tert-OH is 1. The summed E-state index contributed by atoms with van der Waals surface area (Å²) in [6.07, 6.45) is 4.58. The van der Waals surface area contributed by atoms with E-state index in [1.54, 1.807) is 0 Å². The van der Waals surface area contributed by atoms with E-state index in [-0.39, 0.29) is 6.61 Å². The lowest BCUT2D eigenvalue weighted by Crippen LogP contribution is -2.10. The molecule has 1 aliphatic carbocycles. The first kappa shape index (κ1) is 11.7. The van der Waals surface area contributed by atoms with Gasteiger partial charge in [0.25, 0.3) is 0 Å². The summed E-state index contributed by atoms with van der Waals surface area (Å²) in [6.45, 7) is 4.35. The highest BCUT2D eigenvalue weighted by atomic mass is 16.3. The van der Waals surface area contributed by atoms with Crippen molar-refractivity contribution in [2.24, 2.45) is 0 Å². The Morgan fingerprint density at radius 2 is 1.94 bits per heavy atom. The average molecular weight is 241 g/mol. The van der Waals surface area contributed by atoms with Crippen molar-refractivity contribution in [1.29, 1.82) is 0 Å². The molecule has 1 aliphatic rings. The van der Waals surface area contributed by atoms with E-state index in [2.05, 4.69) is 26.0 Å². The van der Waals surface area contributed by atoms with Crippen molar-refractivity contribution >= 4 is 10.9 Å². The van der Waals surface area contributed by atoms with Gasteiger partial charge in [-0.3, -0.25) is 4.98 Å². The first-order valence-electron chi connectivity index (χ1n) is 6.73. The Hall–Kier alpha value is -1.41. The summed E-state index contributed by atoms with van der Waals surface area (Å²) in [4.78, 5) is 4.83. The predicted octanol–water partition coefficient (Wildman–Crippen LogP) is 3.22. The zero-order valence-electron chi connectivity index (χ0n) is 11.1. The molecule has 0 unspecified atom stereocenters. The average Bonchev–Trinajstić information content (AvgIpc) is 2.35. The summed E-state index contributed by atoms with van der Waals surface area (Å²) in [5.41, 5.74) is 7.16. The number of fused-ring (bicyclic) bond motifs is 2. The lowest BCUT2D eigenvalue weighted by atomic mass is 9.88. The Labute approximate surface area is 108 Å². The van der Waals surface area contributed by atoms with E-state index < -0.39 is 0 Å². The third-order valence-corrected chi connectivity index (χ3v) is 3.98. The number of nitrogens with zero attached hydrogens (tertiary/aromatic N) is 1. The molecule has 0 aliphatic heterocycles. The number of aliphatic hydroxyl groups is 1. The maximum Gasteiger partial charge on any atom is 0.0714 e. The molecule has 94 valence electrons. The van der Waals surface area contributed by atoms with Crippen LogP contribution in [0, 0.1) is 13.8 Å². The molecule has 0 spiro atoms. The van der Waals surface area contributed by atoms with Gasteiger partial charge in [-0.05, 0) is 67.9 Å². The third kappa shape index (κ3) is 1.72. The molecule has 3 rings (SSSR count). The molecule has 1 heterocycles. The van der Waals surface area contributed by atoms with Crippen molar-refractivity contribution in [1.82, 2.24) is 4.98 Å². The smallest absolute Gasteiger partial charge is 0.0714 e. The molecule has 0 saturated carbocycles. The number of aryl methyl sites for hydroxylation is 3. The molecule has 1 aromatic heterocycles. The number of aromatic nitrogens is 1. The van der Waals surface area contributed by atoms with Crippen LogP contribution in [0.15, 0.2) is 12.1 Å². The van der Waals surface area contributed by atoms with Crippen molar-refractivity contribution in [3.05, 3.63) is 40.1 Å². The number of hydrogen-bond donors (Lipinski definition) is 1. The van der Waals surface area contributed by atoms with Crippen LogP contribution in [0.3, 0.4) is 0 Å². The number of pyridine rings is 1. The van der Waals surface area contributed by atoms with Crippen LogP contribution in [0.5, 0.6) is 0 Å². The number of hydrogen-bond acceptors (Lipinski definition) is 2. The molecule has 1 aromatic carbocycles. The fraction of sp³-hybridized carbons (Fsp3) is 0.438. The van der Waals surface area contributed by atoms with E-state index in [0.717, 1.165) is 23.9 Å². The van der Waals surface area contributed by atoms with E-state index in [9.17, 15) is 5.11 Å². The highest BCUT2D eigenvalue weighted by Gasteiger charge is 2.18. The largest absolute Gasteiger partial charge is 0.392 e. The van der Waals surface area contributed by atoms with Gasteiger partial charge in [-0.2, -0.15) is 0 Å². The highest BCUT2D eigenvalue weighted by molar-refractivity contribution is 5.87. The van der Waals surface area contributed by atoms with Crippen molar-refractivity contribution in [3.63, 3.8) is 0 Å². The number of benzene rings is 1. The molecular weight excluding hydrogens is 222 g/mol. The van der Waals surface area contributed by atoms with Crippen LogP contribution in [0.2, 0.25) is 0 Å². The molecule has 0 radical (unpaired) electrons. The van der Waals surface area contributed by atoms with Crippen LogP contribution >= 0.6 is 0 Å². The van der Waals surface area contributed by atoms with Crippen molar-refractivity contribution in [2.75, 3.05) is 0 Å². The standard InChI is InChI=1S/C16H19NO/c1-10-7-11(2)16-13(9-18)12-5-3-4-6-14(12)17-15(16)8-10/h7-8,18H,3-6,9H2,1-2H3. The van der Waals surface area contributed by atoms with Crippen LogP contribution in [-0.2, 0) is 19.4 Å². The minimum atomic E-state index is 0.130. The molecule has 0 bridgehead atoms. The van der Waals surface area contributed by atoms with E-state index in [0.29, 0.717) is 0 Å². The van der Waals surface area contributed by atoms with E-state index in [4.69, 9.17) is 4.98 Å². The number of rotatable bonds is 1. The van der Waals surface area contributed by atoms with Crippen molar-refractivity contribution < 1.29 is 5.11 Å². The molecule has 0 amide bonds. The van der Waals surface area contributed by atoms with Gasteiger partial charge in [0.05, 0.1) is 12.1 Å². The van der Waals surface area contributed by atoms with Crippen LogP contribution in [0.1, 0.15) is 40.8 Å². The quantitative estimate of drug-likeness (QED) is 0.831. The Morgan fingerprint density at radius 1 is 1.17 bits per heavy atom. The summed E-state index contributed by atoms with van der Waals surface area (Å²) in [5, 5.41) is 10.9. The van der Waals surface area contributed by atoms with Gasteiger partial charge in [-0.25, -0.2) is 0 Å². The van der Waals surface area contributed by atoms with Gasteiger partial charge in [0.15, 0.2) is 0 Å². The van der Waals surface area contributed by atoms with Gasteiger partial charge in [-0.1, -0.05) is 6.07 Å². The van der Waals surface area contributed by atoms with Gasteiger partial charge in [0.2, 0.25) is 0 Å². The second-order valence-electron chi connectivity index (χ2n) is 5.36. The molecule has 0 fully saturated rings. The molecule has 2 nitrogen and oxygen atoms in total. The molecule has 0 saturated heterocycles. The fourth-order valence-electron chi connectivity index (χ4n) is 3.23. The van der Waals surface area contributed by atoms with E-state index in [1.165, 1.54) is 40.6 Å². The second kappa shape index (κ2) is 4.36. The fourth-order valence-corrected chi connectivity index (χ4v) is 3.23. The summed E-state index contributed by atoms with van der Waals surface area (Å²) < 4.78 is 0. The summed E-state index contributed by atoms with van der Waals surface area (Å²) in [7, 11) is 0. The minimum absolute atomic E-state index is 0.130. The highest BCUT2D eigenvalue weighted by Crippen LogP contribution is 2.31. The van der Waals surface area contributed by atoms with E-state index >= 15 is 0 Å². The SMILES string of the molecule is Cc1cc(C)c2c(CO)c3c(nc2c1)CCCC3. The molecule has 0 atom stereocenters. The molecule has 18 heavy (non-hydrogen) atoms. The molecular formula is C16H19NO. The van der Waals surface area contributed by atoms with Gasteiger partial charge >= 0.3 is 0 Å². The normalized spacial score (nSPS) is 14.8. The van der Waals surface area contributed by atoms with Crippen molar-refractivity contribution in [3.8, 4) is 0 Å². The van der Waals surface area contributed by atoms with Gasteiger partial charge in [0, 0.05) is 11.1 Å². The zero-order chi connectivity index (χ0) is 12.7. The molecule has 2 aromatic rings. The summed E-state index contributed by atoms with van der Waals surface area (Å²) in [6, 6.07) is 4.31. The maximum atomic E-state index is 9.76. The molecule has 2 heteroatoms. The summed E-state index contributed by atoms with van der Waals surface area (Å²) in [5.74, 6) is 0.